The summed E-state index contributed by atoms with van der Waals surface area (Å²) in [5.74, 6) is 1.17. The molecule has 0 radical (unpaired) electrons. The molecule has 172 valence electrons. The zero-order chi connectivity index (χ0) is 22.3. The lowest BCUT2D eigenvalue weighted by molar-refractivity contribution is 0.102. The van der Waals surface area contributed by atoms with Crippen molar-refractivity contribution in [2.75, 3.05) is 6.61 Å². The van der Waals surface area contributed by atoms with E-state index in [0.29, 0.717) is 18.0 Å². The number of halogens is 2. The minimum atomic E-state index is -1.60. The average molecular weight is 433 g/mol. The third kappa shape index (κ3) is 9.75. The van der Waals surface area contributed by atoms with E-state index in [0.717, 1.165) is 24.0 Å². The molecule has 0 saturated carbocycles. The van der Waals surface area contributed by atoms with E-state index < -0.39 is 12.3 Å². The van der Waals surface area contributed by atoms with Crippen LogP contribution in [0.1, 0.15) is 83.6 Å². The van der Waals surface area contributed by atoms with Gasteiger partial charge in [0.1, 0.15) is 18.5 Å². The van der Waals surface area contributed by atoms with Gasteiger partial charge in [0, 0.05) is 18.0 Å². The normalized spacial score (nSPS) is 13.2. The van der Waals surface area contributed by atoms with Crippen molar-refractivity contribution < 1.29 is 13.5 Å². The fraction of sp³-hybridized carbons (Fsp3) is 0.615. The molecule has 0 aliphatic rings. The lowest BCUT2D eigenvalue weighted by atomic mass is 10.1. The molecule has 0 fully saturated rings. The molecule has 3 nitrogen and oxygen atoms in total. The van der Waals surface area contributed by atoms with Crippen LogP contribution in [0.15, 0.2) is 36.7 Å². The molecule has 0 aliphatic heterocycles. The Kier molecular flexibility index (Phi) is 12.1. The Morgan fingerprint density at radius 2 is 1.39 bits per heavy atom. The maximum Gasteiger partial charge on any atom is 0.165 e. The van der Waals surface area contributed by atoms with Crippen molar-refractivity contribution in [2.45, 2.75) is 96.8 Å². The van der Waals surface area contributed by atoms with Crippen LogP contribution in [-0.2, 0) is 6.42 Å². The van der Waals surface area contributed by atoms with Gasteiger partial charge in [-0.3, -0.25) is 0 Å². The molecule has 2 unspecified atom stereocenters. The van der Waals surface area contributed by atoms with Gasteiger partial charge in [0.25, 0.3) is 0 Å². The molecule has 0 amide bonds. The lowest BCUT2D eigenvalue weighted by Crippen LogP contribution is -2.24. The number of hydrogen-bond acceptors (Lipinski definition) is 3. The van der Waals surface area contributed by atoms with Gasteiger partial charge in [0.05, 0.1) is 0 Å². The molecule has 0 N–H and O–H groups in total. The van der Waals surface area contributed by atoms with Crippen LogP contribution < -0.4 is 4.74 Å². The van der Waals surface area contributed by atoms with Crippen LogP contribution in [0.5, 0.6) is 5.75 Å². The van der Waals surface area contributed by atoms with Gasteiger partial charge in [-0.25, -0.2) is 18.7 Å². The van der Waals surface area contributed by atoms with Gasteiger partial charge < -0.3 is 4.74 Å². The highest BCUT2D eigenvalue weighted by atomic mass is 19.2. The molecule has 1 aromatic carbocycles. The summed E-state index contributed by atoms with van der Waals surface area (Å²) in [6, 6.07) is 7.18. The Bertz CT molecular complexity index is 706. The second kappa shape index (κ2) is 14.9. The van der Waals surface area contributed by atoms with Crippen LogP contribution in [0.25, 0.3) is 11.4 Å². The first kappa shape index (κ1) is 25.2. The van der Waals surface area contributed by atoms with E-state index in [9.17, 15) is 8.78 Å². The molecule has 1 aromatic heterocycles. The molecule has 0 aliphatic carbocycles. The average Bonchev–Trinajstić information content (AvgIpc) is 2.81. The first-order valence-corrected chi connectivity index (χ1v) is 12.0. The van der Waals surface area contributed by atoms with Gasteiger partial charge >= 0.3 is 0 Å². The number of ether oxygens (including phenoxy) is 1. The highest BCUT2D eigenvalue weighted by Gasteiger charge is 2.20. The lowest BCUT2D eigenvalue weighted by Gasteiger charge is -2.14. The van der Waals surface area contributed by atoms with E-state index in [4.69, 9.17) is 4.74 Å². The number of unbranched alkanes of at least 4 members (excludes halogenated alkanes) is 7. The molecule has 2 aromatic rings. The Hall–Kier alpha value is -2.04. The number of rotatable bonds is 16. The topological polar surface area (TPSA) is 35.0 Å². The minimum absolute atomic E-state index is 0.242. The summed E-state index contributed by atoms with van der Waals surface area (Å²) in [5, 5.41) is 0. The third-order valence-electron chi connectivity index (χ3n) is 5.52. The van der Waals surface area contributed by atoms with Crippen molar-refractivity contribution in [1.29, 1.82) is 0 Å². The summed E-state index contributed by atoms with van der Waals surface area (Å²) in [5.41, 5.74) is 2.04. The molecular weight excluding hydrogens is 394 g/mol. The van der Waals surface area contributed by atoms with Gasteiger partial charge in [-0.05, 0) is 49.1 Å². The Balaban J connectivity index is 1.74. The van der Waals surface area contributed by atoms with E-state index in [-0.39, 0.29) is 13.0 Å². The van der Waals surface area contributed by atoms with Gasteiger partial charge in [0.2, 0.25) is 0 Å². The van der Waals surface area contributed by atoms with E-state index in [1.165, 1.54) is 44.9 Å². The Morgan fingerprint density at radius 3 is 2.03 bits per heavy atom. The molecule has 0 spiro atoms. The van der Waals surface area contributed by atoms with E-state index in [2.05, 4.69) is 16.9 Å². The number of nitrogens with zero attached hydrogens (tertiary/aromatic N) is 2. The number of alkyl halides is 2. The summed E-state index contributed by atoms with van der Waals surface area (Å²) >= 11 is 0. The SMILES string of the molecule is CCCCCCCCCc1cnc(-c2ccc(OCC(F)C(F)CCCC)cc2)nc1. The molecule has 5 heteroatoms. The summed E-state index contributed by atoms with van der Waals surface area (Å²) in [6.07, 6.45) is 12.6. The van der Waals surface area contributed by atoms with Crippen molar-refractivity contribution in [3.63, 3.8) is 0 Å². The second-order valence-corrected chi connectivity index (χ2v) is 8.30. The standard InChI is InChI=1S/C26H38F2N2O/c1-3-5-7-8-9-10-11-12-21-18-29-26(30-19-21)22-14-16-23(17-15-22)31-20-25(28)24(27)13-6-4-2/h14-19,24-25H,3-13,20H2,1-2H3. The monoisotopic (exact) mass is 432 g/mol. The van der Waals surface area contributed by atoms with Crippen LogP contribution in [0.2, 0.25) is 0 Å². The van der Waals surface area contributed by atoms with Crippen LogP contribution in [0.3, 0.4) is 0 Å². The van der Waals surface area contributed by atoms with Gasteiger partial charge in [-0.15, -0.1) is 0 Å². The van der Waals surface area contributed by atoms with E-state index in [1.54, 1.807) is 12.1 Å². The maximum atomic E-state index is 13.8. The van der Waals surface area contributed by atoms with Crippen LogP contribution in [-0.4, -0.2) is 28.9 Å². The fourth-order valence-electron chi connectivity index (χ4n) is 3.48. The summed E-state index contributed by atoms with van der Waals surface area (Å²) in [4.78, 5) is 8.96. The molecule has 2 rings (SSSR count). The molecule has 1 heterocycles. The van der Waals surface area contributed by atoms with Gasteiger partial charge in [-0.1, -0.05) is 65.2 Å². The number of benzene rings is 1. The van der Waals surface area contributed by atoms with Crippen molar-refractivity contribution in [3.05, 3.63) is 42.2 Å². The Morgan fingerprint density at radius 1 is 0.774 bits per heavy atom. The molecular formula is C26H38F2N2O. The highest BCUT2D eigenvalue weighted by Crippen LogP contribution is 2.21. The summed E-state index contributed by atoms with van der Waals surface area (Å²) in [7, 11) is 0. The van der Waals surface area contributed by atoms with Crippen LogP contribution in [0.4, 0.5) is 8.78 Å². The predicted molar refractivity (Wildman–Crippen MR) is 124 cm³/mol. The molecule has 0 bridgehead atoms. The van der Waals surface area contributed by atoms with Crippen molar-refractivity contribution in [1.82, 2.24) is 9.97 Å². The predicted octanol–water partition coefficient (Wildman–Crippen LogP) is 7.68. The molecule has 0 saturated heterocycles. The summed E-state index contributed by atoms with van der Waals surface area (Å²) in [6.45, 7) is 3.94. The van der Waals surface area contributed by atoms with Gasteiger partial charge in [-0.2, -0.15) is 0 Å². The zero-order valence-corrected chi connectivity index (χ0v) is 19.2. The first-order valence-electron chi connectivity index (χ1n) is 12.0. The van der Waals surface area contributed by atoms with Crippen LogP contribution in [0, 0.1) is 0 Å². The smallest absolute Gasteiger partial charge is 0.165 e. The van der Waals surface area contributed by atoms with Crippen molar-refractivity contribution >= 4 is 0 Å². The minimum Gasteiger partial charge on any atom is -0.490 e. The quantitative estimate of drug-likeness (QED) is 0.255. The molecule has 31 heavy (non-hydrogen) atoms. The first-order chi connectivity index (χ1) is 15.1. The second-order valence-electron chi connectivity index (χ2n) is 8.30. The van der Waals surface area contributed by atoms with Gasteiger partial charge in [0.15, 0.2) is 12.0 Å². The summed E-state index contributed by atoms with van der Waals surface area (Å²) < 4.78 is 33.0. The number of aromatic nitrogens is 2. The number of hydrogen-bond donors (Lipinski definition) is 0. The third-order valence-corrected chi connectivity index (χ3v) is 5.52. The van der Waals surface area contributed by atoms with E-state index >= 15 is 0 Å². The Labute approximate surface area is 186 Å². The van der Waals surface area contributed by atoms with Crippen molar-refractivity contribution in [2.24, 2.45) is 0 Å². The zero-order valence-electron chi connectivity index (χ0n) is 19.2. The van der Waals surface area contributed by atoms with E-state index in [1.807, 2.05) is 31.5 Å². The maximum absolute atomic E-state index is 13.8. The molecule has 2 atom stereocenters. The largest absolute Gasteiger partial charge is 0.490 e. The highest BCUT2D eigenvalue weighted by molar-refractivity contribution is 5.55. The fourth-order valence-corrected chi connectivity index (χ4v) is 3.48. The van der Waals surface area contributed by atoms with Crippen molar-refractivity contribution in [3.8, 4) is 17.1 Å². The van der Waals surface area contributed by atoms with Crippen LogP contribution >= 0.6 is 0 Å². The number of aryl methyl sites for hydroxylation is 1.